The van der Waals surface area contributed by atoms with Crippen molar-refractivity contribution in [1.82, 2.24) is 9.38 Å². The fourth-order valence-corrected chi connectivity index (χ4v) is 2.53. The van der Waals surface area contributed by atoms with Crippen molar-refractivity contribution >= 4 is 11.5 Å². The fraction of sp³-hybridized carbons (Fsp3) is 0.562. The van der Waals surface area contributed by atoms with Gasteiger partial charge in [0.15, 0.2) is 0 Å². The van der Waals surface area contributed by atoms with Crippen LogP contribution in [0.5, 0.6) is 0 Å². The summed E-state index contributed by atoms with van der Waals surface area (Å²) in [7, 11) is 0. The molecule has 1 N–H and O–H groups in total. The van der Waals surface area contributed by atoms with E-state index in [0.717, 1.165) is 38.4 Å². The first-order chi connectivity index (χ1) is 9.95. The average molecular weight is 295 g/mol. The van der Waals surface area contributed by atoms with Gasteiger partial charge in [-0.3, -0.25) is 4.40 Å². The van der Waals surface area contributed by atoms with Gasteiger partial charge in [0.05, 0.1) is 0 Å². The average Bonchev–Trinajstić information content (AvgIpc) is 2.84. The van der Waals surface area contributed by atoms with Gasteiger partial charge < -0.3 is 5.32 Å². The number of rotatable bonds is 7. The van der Waals surface area contributed by atoms with E-state index in [9.17, 15) is 8.78 Å². The van der Waals surface area contributed by atoms with Gasteiger partial charge in [-0.15, -0.1) is 0 Å². The summed E-state index contributed by atoms with van der Waals surface area (Å²) in [4.78, 5) is 4.02. The van der Waals surface area contributed by atoms with E-state index < -0.39 is 5.92 Å². The Kier molecular flexibility index (Phi) is 4.80. The highest BCUT2D eigenvalue weighted by atomic mass is 19.3. The predicted molar refractivity (Wildman–Crippen MR) is 82.0 cm³/mol. The number of halogens is 2. The van der Waals surface area contributed by atoms with E-state index >= 15 is 0 Å². The van der Waals surface area contributed by atoms with Crippen LogP contribution in [-0.2, 0) is 5.92 Å². The highest BCUT2D eigenvalue weighted by Crippen LogP contribution is 2.27. The SMILES string of the molecule is CCCC(CCC)Nc1cccc2nc(C(C)(F)F)cn12. The third-order valence-corrected chi connectivity index (χ3v) is 3.57. The number of aromatic nitrogens is 2. The first-order valence-electron chi connectivity index (χ1n) is 7.58. The van der Waals surface area contributed by atoms with Crippen LogP contribution in [0, 0.1) is 0 Å². The van der Waals surface area contributed by atoms with Gasteiger partial charge in [0.2, 0.25) is 0 Å². The maximum absolute atomic E-state index is 13.4. The molecule has 2 aromatic rings. The largest absolute Gasteiger partial charge is 0.368 e. The molecule has 0 radical (unpaired) electrons. The van der Waals surface area contributed by atoms with Crippen molar-refractivity contribution in [2.45, 2.75) is 58.4 Å². The summed E-state index contributed by atoms with van der Waals surface area (Å²) >= 11 is 0. The molecule has 0 amide bonds. The van der Waals surface area contributed by atoms with E-state index in [2.05, 4.69) is 24.1 Å². The van der Waals surface area contributed by atoms with Gasteiger partial charge in [0, 0.05) is 19.2 Å². The number of hydrogen-bond acceptors (Lipinski definition) is 2. The van der Waals surface area contributed by atoms with Crippen LogP contribution in [0.15, 0.2) is 24.4 Å². The van der Waals surface area contributed by atoms with Gasteiger partial charge in [0.1, 0.15) is 17.2 Å². The van der Waals surface area contributed by atoms with Crippen LogP contribution in [0.2, 0.25) is 0 Å². The highest BCUT2D eigenvalue weighted by Gasteiger charge is 2.28. The minimum atomic E-state index is -2.92. The smallest absolute Gasteiger partial charge is 0.288 e. The van der Waals surface area contributed by atoms with Gasteiger partial charge in [-0.25, -0.2) is 4.98 Å². The highest BCUT2D eigenvalue weighted by molar-refractivity contribution is 5.51. The Balaban J connectivity index is 2.33. The molecule has 0 aliphatic heterocycles. The minimum Gasteiger partial charge on any atom is -0.368 e. The molecule has 0 saturated carbocycles. The van der Waals surface area contributed by atoms with Crippen molar-refractivity contribution in [3.63, 3.8) is 0 Å². The lowest BCUT2D eigenvalue weighted by Gasteiger charge is -2.19. The zero-order valence-corrected chi connectivity index (χ0v) is 12.9. The third kappa shape index (κ3) is 3.71. The quantitative estimate of drug-likeness (QED) is 0.793. The molecule has 2 aromatic heterocycles. The lowest BCUT2D eigenvalue weighted by atomic mass is 10.1. The maximum Gasteiger partial charge on any atom is 0.288 e. The molecule has 5 heteroatoms. The first kappa shape index (κ1) is 15.7. The number of fused-ring (bicyclic) bond motifs is 1. The van der Waals surface area contributed by atoms with Crippen molar-refractivity contribution in [3.05, 3.63) is 30.1 Å². The van der Waals surface area contributed by atoms with E-state index in [1.807, 2.05) is 12.1 Å². The standard InChI is InChI=1S/C16H23F2N3/c1-4-7-12(8-5-2)19-14-9-6-10-15-20-13(11-21(14)15)16(3,17)18/h6,9-12,19H,4-5,7-8H2,1-3H3. The summed E-state index contributed by atoms with van der Waals surface area (Å²) in [5.41, 5.74) is 0.350. The third-order valence-electron chi connectivity index (χ3n) is 3.57. The predicted octanol–water partition coefficient (Wildman–Crippen LogP) is 4.83. The van der Waals surface area contributed by atoms with E-state index in [1.54, 1.807) is 10.5 Å². The number of nitrogens with zero attached hydrogens (tertiary/aromatic N) is 2. The molecule has 0 aromatic carbocycles. The van der Waals surface area contributed by atoms with E-state index in [4.69, 9.17) is 0 Å². The van der Waals surface area contributed by atoms with Gasteiger partial charge in [-0.1, -0.05) is 32.8 Å². The van der Waals surface area contributed by atoms with Crippen LogP contribution in [0.25, 0.3) is 5.65 Å². The number of alkyl halides is 2. The Morgan fingerprint density at radius 1 is 1.24 bits per heavy atom. The molecule has 0 aliphatic rings. The van der Waals surface area contributed by atoms with Crippen LogP contribution in [-0.4, -0.2) is 15.4 Å². The van der Waals surface area contributed by atoms with Crippen molar-refractivity contribution < 1.29 is 8.78 Å². The van der Waals surface area contributed by atoms with E-state index in [-0.39, 0.29) is 5.69 Å². The molecule has 116 valence electrons. The molecule has 0 unspecified atom stereocenters. The molecule has 2 rings (SSSR count). The number of imidazole rings is 1. The van der Waals surface area contributed by atoms with Crippen LogP contribution < -0.4 is 5.32 Å². The second-order valence-corrected chi connectivity index (χ2v) is 5.57. The van der Waals surface area contributed by atoms with Crippen molar-refractivity contribution in [2.75, 3.05) is 5.32 Å². The van der Waals surface area contributed by atoms with Crippen LogP contribution in [0.4, 0.5) is 14.6 Å². The summed E-state index contributed by atoms with van der Waals surface area (Å²) in [6, 6.07) is 5.86. The molecule has 0 saturated heterocycles. The molecule has 0 atom stereocenters. The van der Waals surface area contributed by atoms with Crippen LogP contribution >= 0.6 is 0 Å². The number of anilines is 1. The van der Waals surface area contributed by atoms with Crippen molar-refractivity contribution in [1.29, 1.82) is 0 Å². The molecule has 0 spiro atoms. The van der Waals surface area contributed by atoms with Gasteiger partial charge in [0.25, 0.3) is 5.92 Å². The Bertz CT molecular complexity index is 581. The number of hydrogen-bond donors (Lipinski definition) is 1. The summed E-state index contributed by atoms with van der Waals surface area (Å²) in [5.74, 6) is -2.10. The second kappa shape index (κ2) is 6.41. The Labute approximate surface area is 124 Å². The lowest BCUT2D eigenvalue weighted by molar-refractivity contribution is 0.0133. The molecule has 0 aliphatic carbocycles. The second-order valence-electron chi connectivity index (χ2n) is 5.57. The molecular weight excluding hydrogens is 272 g/mol. The van der Waals surface area contributed by atoms with E-state index in [1.165, 1.54) is 6.20 Å². The fourth-order valence-electron chi connectivity index (χ4n) is 2.53. The molecule has 0 fully saturated rings. The molecule has 0 bridgehead atoms. The molecule has 21 heavy (non-hydrogen) atoms. The Hall–Kier alpha value is -1.65. The first-order valence-corrected chi connectivity index (χ1v) is 7.58. The minimum absolute atomic E-state index is 0.195. The van der Waals surface area contributed by atoms with Crippen molar-refractivity contribution in [2.24, 2.45) is 0 Å². The summed E-state index contributed by atoms with van der Waals surface area (Å²) in [5, 5.41) is 3.47. The number of pyridine rings is 1. The number of nitrogens with one attached hydrogen (secondary N) is 1. The molecule has 3 nitrogen and oxygen atoms in total. The van der Waals surface area contributed by atoms with Gasteiger partial charge >= 0.3 is 0 Å². The molecular formula is C16H23F2N3. The van der Waals surface area contributed by atoms with Gasteiger partial charge in [-0.2, -0.15) is 8.78 Å². The summed E-state index contributed by atoms with van der Waals surface area (Å²) in [6.45, 7) is 5.18. The monoisotopic (exact) mass is 295 g/mol. The zero-order chi connectivity index (χ0) is 15.5. The summed E-state index contributed by atoms with van der Waals surface area (Å²) in [6.07, 6.45) is 5.74. The lowest BCUT2D eigenvalue weighted by Crippen LogP contribution is -2.20. The normalized spacial score (nSPS) is 12.3. The van der Waals surface area contributed by atoms with Crippen LogP contribution in [0.1, 0.15) is 52.1 Å². The Morgan fingerprint density at radius 3 is 2.48 bits per heavy atom. The van der Waals surface area contributed by atoms with Gasteiger partial charge in [-0.05, 0) is 25.0 Å². The van der Waals surface area contributed by atoms with Crippen LogP contribution in [0.3, 0.4) is 0 Å². The zero-order valence-electron chi connectivity index (χ0n) is 12.9. The topological polar surface area (TPSA) is 29.3 Å². The molecule has 2 heterocycles. The summed E-state index contributed by atoms with van der Waals surface area (Å²) < 4.78 is 28.6. The van der Waals surface area contributed by atoms with E-state index in [0.29, 0.717) is 11.7 Å². The maximum atomic E-state index is 13.4. The Morgan fingerprint density at radius 2 is 1.90 bits per heavy atom. The van der Waals surface area contributed by atoms with Crippen molar-refractivity contribution in [3.8, 4) is 0 Å².